The fourth-order valence-corrected chi connectivity index (χ4v) is 2.72. The molecular formula is C16H23F2N3OS. The summed E-state index contributed by atoms with van der Waals surface area (Å²) >= 11 is 5.24. The van der Waals surface area contributed by atoms with Gasteiger partial charge in [0.05, 0.1) is 19.3 Å². The van der Waals surface area contributed by atoms with Crippen LogP contribution in [0.1, 0.15) is 24.9 Å². The zero-order chi connectivity index (χ0) is 16.7. The first kappa shape index (κ1) is 18.0. The van der Waals surface area contributed by atoms with E-state index in [1.54, 1.807) is 6.07 Å². The van der Waals surface area contributed by atoms with Crippen LogP contribution in [0.15, 0.2) is 18.2 Å². The summed E-state index contributed by atoms with van der Waals surface area (Å²) in [5.74, 6) is -1.69. The first-order chi connectivity index (χ1) is 11.1. The fraction of sp³-hybridized carbons (Fsp3) is 0.562. The van der Waals surface area contributed by atoms with Crippen molar-refractivity contribution in [3.63, 3.8) is 0 Å². The van der Waals surface area contributed by atoms with E-state index in [1.165, 1.54) is 6.07 Å². The van der Waals surface area contributed by atoms with E-state index < -0.39 is 11.6 Å². The minimum absolute atomic E-state index is 0.190. The molecule has 128 valence electrons. The van der Waals surface area contributed by atoms with Crippen LogP contribution in [0.3, 0.4) is 0 Å². The second-order valence-electron chi connectivity index (χ2n) is 5.60. The number of halogens is 2. The van der Waals surface area contributed by atoms with Gasteiger partial charge < -0.3 is 15.4 Å². The predicted octanol–water partition coefficient (Wildman–Crippen LogP) is 2.21. The topological polar surface area (TPSA) is 36.5 Å². The smallest absolute Gasteiger partial charge is 0.166 e. The van der Waals surface area contributed by atoms with E-state index in [2.05, 4.69) is 15.5 Å². The molecule has 1 aliphatic heterocycles. The number of nitrogens with zero attached hydrogens (tertiary/aromatic N) is 1. The van der Waals surface area contributed by atoms with E-state index in [0.29, 0.717) is 10.7 Å². The van der Waals surface area contributed by atoms with Crippen molar-refractivity contribution in [3.05, 3.63) is 35.4 Å². The van der Waals surface area contributed by atoms with Crippen molar-refractivity contribution >= 4 is 17.3 Å². The molecule has 23 heavy (non-hydrogen) atoms. The number of ether oxygens (including phenoxy) is 1. The van der Waals surface area contributed by atoms with Gasteiger partial charge in [-0.05, 0) is 49.8 Å². The molecule has 2 N–H and O–H groups in total. The van der Waals surface area contributed by atoms with Gasteiger partial charge >= 0.3 is 0 Å². The minimum Gasteiger partial charge on any atom is -0.379 e. The molecule has 1 atom stereocenters. The van der Waals surface area contributed by atoms with Gasteiger partial charge in [0.15, 0.2) is 16.7 Å². The van der Waals surface area contributed by atoms with Crippen molar-refractivity contribution < 1.29 is 13.5 Å². The van der Waals surface area contributed by atoms with Gasteiger partial charge in [-0.1, -0.05) is 6.07 Å². The maximum atomic E-state index is 13.2. The first-order valence-corrected chi connectivity index (χ1v) is 8.26. The van der Waals surface area contributed by atoms with Crippen LogP contribution in [0.5, 0.6) is 0 Å². The normalized spacial score (nSPS) is 16.8. The monoisotopic (exact) mass is 343 g/mol. The quantitative estimate of drug-likeness (QED) is 0.612. The third-order valence-corrected chi connectivity index (χ3v) is 4.09. The van der Waals surface area contributed by atoms with Crippen molar-refractivity contribution in [2.75, 3.05) is 39.4 Å². The number of hydrogen-bond donors (Lipinski definition) is 2. The summed E-state index contributed by atoms with van der Waals surface area (Å²) in [5, 5.41) is 6.74. The molecule has 1 fully saturated rings. The summed E-state index contributed by atoms with van der Waals surface area (Å²) in [7, 11) is 0. The molecule has 1 heterocycles. The van der Waals surface area contributed by atoms with Crippen molar-refractivity contribution in [3.8, 4) is 0 Å². The fourth-order valence-electron chi connectivity index (χ4n) is 2.44. The lowest BCUT2D eigenvalue weighted by Crippen LogP contribution is -2.40. The summed E-state index contributed by atoms with van der Waals surface area (Å²) in [6.07, 6.45) is 0.987. The standard InChI is InChI=1S/C16H23F2N3OS/c1-12(13-3-4-14(17)15(18)11-13)20-16(23)19-5-2-6-21-7-9-22-10-8-21/h3-4,11-12H,2,5-10H2,1H3,(H2,19,20,23)/t12-/m0/s1. The summed E-state index contributed by atoms with van der Waals surface area (Å²) in [6.45, 7) is 7.21. The predicted molar refractivity (Wildman–Crippen MR) is 90.4 cm³/mol. The van der Waals surface area contributed by atoms with Crippen LogP contribution in [0.4, 0.5) is 8.78 Å². The highest BCUT2D eigenvalue weighted by Crippen LogP contribution is 2.15. The van der Waals surface area contributed by atoms with Crippen LogP contribution in [-0.4, -0.2) is 49.4 Å². The minimum atomic E-state index is -0.847. The third-order valence-electron chi connectivity index (χ3n) is 3.83. The van der Waals surface area contributed by atoms with Crippen LogP contribution < -0.4 is 10.6 Å². The van der Waals surface area contributed by atoms with Gasteiger partial charge in [-0.3, -0.25) is 4.90 Å². The maximum Gasteiger partial charge on any atom is 0.166 e. The van der Waals surface area contributed by atoms with Crippen LogP contribution in [0, 0.1) is 11.6 Å². The molecule has 0 aliphatic carbocycles. The Morgan fingerprint density at radius 2 is 2.04 bits per heavy atom. The second-order valence-corrected chi connectivity index (χ2v) is 6.01. The molecule has 0 amide bonds. The van der Waals surface area contributed by atoms with Gasteiger partial charge in [-0.25, -0.2) is 8.78 Å². The molecule has 0 unspecified atom stereocenters. The molecule has 4 nitrogen and oxygen atoms in total. The van der Waals surface area contributed by atoms with E-state index in [4.69, 9.17) is 17.0 Å². The number of nitrogens with one attached hydrogen (secondary N) is 2. The van der Waals surface area contributed by atoms with Gasteiger partial charge in [-0.15, -0.1) is 0 Å². The Kier molecular flexibility index (Phi) is 7.14. The molecule has 1 aromatic carbocycles. The number of thiocarbonyl (C=S) groups is 1. The Bertz CT molecular complexity index is 524. The van der Waals surface area contributed by atoms with Gasteiger partial charge in [0, 0.05) is 19.6 Å². The average Bonchev–Trinajstić information content (AvgIpc) is 2.55. The van der Waals surface area contributed by atoms with E-state index in [1.807, 2.05) is 6.92 Å². The number of benzene rings is 1. The van der Waals surface area contributed by atoms with Gasteiger partial charge in [0.1, 0.15) is 0 Å². The molecule has 7 heteroatoms. The molecule has 1 aromatic rings. The molecule has 1 saturated heterocycles. The highest BCUT2D eigenvalue weighted by molar-refractivity contribution is 7.80. The Morgan fingerprint density at radius 1 is 1.30 bits per heavy atom. The zero-order valence-electron chi connectivity index (χ0n) is 13.3. The molecular weight excluding hydrogens is 320 g/mol. The van der Waals surface area contributed by atoms with Gasteiger partial charge in [0.25, 0.3) is 0 Å². The molecule has 0 spiro atoms. The Hall–Kier alpha value is -1.31. The van der Waals surface area contributed by atoms with Gasteiger partial charge in [0.2, 0.25) is 0 Å². The summed E-state index contributed by atoms with van der Waals surface area (Å²) in [4.78, 5) is 2.37. The van der Waals surface area contributed by atoms with E-state index in [9.17, 15) is 8.78 Å². The lowest BCUT2D eigenvalue weighted by molar-refractivity contribution is 0.0376. The maximum absolute atomic E-state index is 13.2. The van der Waals surface area contributed by atoms with Gasteiger partial charge in [-0.2, -0.15) is 0 Å². The lowest BCUT2D eigenvalue weighted by atomic mass is 10.1. The van der Waals surface area contributed by atoms with Crippen LogP contribution in [0.25, 0.3) is 0 Å². The molecule has 0 aromatic heterocycles. The highest BCUT2D eigenvalue weighted by atomic mass is 32.1. The number of rotatable bonds is 6. The second kappa shape index (κ2) is 9.10. The zero-order valence-corrected chi connectivity index (χ0v) is 14.1. The van der Waals surface area contributed by atoms with Crippen LogP contribution >= 0.6 is 12.2 Å². The summed E-state index contributed by atoms with van der Waals surface area (Å²) in [6, 6.07) is 3.68. The SMILES string of the molecule is C[C@H](NC(=S)NCCCN1CCOCC1)c1ccc(F)c(F)c1. The Labute approximate surface area is 141 Å². The molecule has 0 bridgehead atoms. The third kappa shape index (κ3) is 6.01. The number of hydrogen-bond acceptors (Lipinski definition) is 3. The Morgan fingerprint density at radius 3 is 2.74 bits per heavy atom. The van der Waals surface area contributed by atoms with E-state index in [-0.39, 0.29) is 6.04 Å². The molecule has 0 radical (unpaired) electrons. The van der Waals surface area contributed by atoms with Crippen LogP contribution in [-0.2, 0) is 4.74 Å². The van der Waals surface area contributed by atoms with Crippen molar-refractivity contribution in [2.24, 2.45) is 0 Å². The summed E-state index contributed by atoms with van der Waals surface area (Å²) in [5.41, 5.74) is 0.654. The van der Waals surface area contributed by atoms with Crippen molar-refractivity contribution in [2.45, 2.75) is 19.4 Å². The van der Waals surface area contributed by atoms with E-state index in [0.717, 1.165) is 51.9 Å². The largest absolute Gasteiger partial charge is 0.379 e. The molecule has 0 saturated carbocycles. The molecule has 1 aliphatic rings. The van der Waals surface area contributed by atoms with Crippen molar-refractivity contribution in [1.82, 2.24) is 15.5 Å². The Balaban J connectivity index is 1.66. The number of morpholine rings is 1. The van der Waals surface area contributed by atoms with E-state index >= 15 is 0 Å². The highest BCUT2D eigenvalue weighted by Gasteiger charge is 2.11. The average molecular weight is 343 g/mol. The van der Waals surface area contributed by atoms with Crippen molar-refractivity contribution in [1.29, 1.82) is 0 Å². The molecule has 2 rings (SSSR count). The lowest BCUT2D eigenvalue weighted by Gasteiger charge is -2.26. The van der Waals surface area contributed by atoms with Crippen LogP contribution in [0.2, 0.25) is 0 Å². The first-order valence-electron chi connectivity index (χ1n) is 7.85. The summed E-state index contributed by atoms with van der Waals surface area (Å²) < 4.78 is 31.5.